The molecule has 1 amide bonds. The highest BCUT2D eigenvalue weighted by molar-refractivity contribution is 9.10. The van der Waals surface area contributed by atoms with Gasteiger partial charge in [-0.25, -0.2) is 0 Å². The third-order valence-corrected chi connectivity index (χ3v) is 5.07. The number of amides is 1. The summed E-state index contributed by atoms with van der Waals surface area (Å²) in [5.41, 5.74) is 2.10. The first-order valence-electron chi connectivity index (χ1n) is 9.41. The van der Waals surface area contributed by atoms with Crippen molar-refractivity contribution in [1.29, 1.82) is 0 Å². The number of carbonyl (C=O) groups is 1. The lowest BCUT2D eigenvalue weighted by molar-refractivity contribution is 0.102. The Labute approximate surface area is 181 Å². The van der Waals surface area contributed by atoms with Gasteiger partial charge in [0.15, 0.2) is 5.43 Å². The predicted molar refractivity (Wildman–Crippen MR) is 121 cm³/mol. The van der Waals surface area contributed by atoms with E-state index >= 15 is 0 Å². The summed E-state index contributed by atoms with van der Waals surface area (Å²) in [6.45, 7) is 2.50. The maximum Gasteiger partial charge on any atom is 0.255 e. The van der Waals surface area contributed by atoms with Crippen LogP contribution in [0.2, 0.25) is 0 Å². The Bertz CT molecular complexity index is 1260. The lowest BCUT2D eigenvalue weighted by Gasteiger charge is -2.08. The lowest BCUT2D eigenvalue weighted by atomic mass is 10.1. The maximum atomic E-state index is 12.6. The van der Waals surface area contributed by atoms with E-state index in [0.717, 1.165) is 15.8 Å². The molecule has 150 valence electrons. The number of benzene rings is 3. The minimum Gasteiger partial charge on any atom is -0.494 e. The van der Waals surface area contributed by atoms with Crippen LogP contribution in [-0.2, 0) is 0 Å². The van der Waals surface area contributed by atoms with Crippen LogP contribution in [0.25, 0.3) is 22.3 Å². The van der Waals surface area contributed by atoms with Crippen molar-refractivity contribution in [3.05, 3.63) is 93.1 Å². The van der Waals surface area contributed by atoms with Crippen molar-refractivity contribution >= 4 is 38.5 Å². The van der Waals surface area contributed by atoms with Crippen molar-refractivity contribution in [3.8, 4) is 17.1 Å². The van der Waals surface area contributed by atoms with E-state index in [4.69, 9.17) is 9.15 Å². The van der Waals surface area contributed by atoms with Gasteiger partial charge in [-0.2, -0.15) is 0 Å². The summed E-state index contributed by atoms with van der Waals surface area (Å²) in [6.07, 6.45) is 0. The molecule has 0 aliphatic rings. The predicted octanol–water partition coefficient (Wildman–Crippen LogP) is 5.87. The maximum absolute atomic E-state index is 12.6. The highest BCUT2D eigenvalue weighted by Gasteiger charge is 2.10. The third-order valence-electron chi connectivity index (χ3n) is 4.54. The van der Waals surface area contributed by atoms with Gasteiger partial charge in [0.25, 0.3) is 5.91 Å². The zero-order chi connectivity index (χ0) is 21.1. The van der Waals surface area contributed by atoms with Gasteiger partial charge in [-0.1, -0.05) is 15.9 Å². The monoisotopic (exact) mass is 463 g/mol. The second-order valence-corrected chi connectivity index (χ2v) is 7.52. The molecule has 0 aliphatic carbocycles. The molecule has 0 atom stereocenters. The molecule has 0 saturated carbocycles. The van der Waals surface area contributed by atoms with Gasteiger partial charge in [-0.05, 0) is 67.6 Å². The number of hydrogen-bond acceptors (Lipinski definition) is 4. The summed E-state index contributed by atoms with van der Waals surface area (Å²) in [6, 6.07) is 20.9. The number of anilines is 1. The fourth-order valence-electron chi connectivity index (χ4n) is 3.06. The van der Waals surface area contributed by atoms with Crippen molar-refractivity contribution in [2.75, 3.05) is 11.9 Å². The van der Waals surface area contributed by atoms with Crippen LogP contribution in [0.15, 0.2) is 86.5 Å². The Kier molecular flexibility index (Phi) is 5.68. The number of nitrogens with one attached hydrogen (secondary N) is 1. The van der Waals surface area contributed by atoms with Crippen molar-refractivity contribution in [2.24, 2.45) is 0 Å². The van der Waals surface area contributed by atoms with Gasteiger partial charge in [0.2, 0.25) is 0 Å². The highest BCUT2D eigenvalue weighted by Crippen LogP contribution is 2.26. The molecule has 0 spiro atoms. The first kappa shape index (κ1) is 19.9. The van der Waals surface area contributed by atoms with Crippen LogP contribution in [0.5, 0.6) is 5.75 Å². The fraction of sp³-hybridized carbons (Fsp3) is 0.0833. The first-order chi connectivity index (χ1) is 14.5. The number of ether oxygens (including phenoxy) is 1. The Morgan fingerprint density at radius 1 is 1.00 bits per heavy atom. The number of fused-ring (bicyclic) bond motifs is 1. The molecule has 0 bridgehead atoms. The van der Waals surface area contributed by atoms with Crippen LogP contribution >= 0.6 is 15.9 Å². The van der Waals surface area contributed by atoms with Gasteiger partial charge in [0, 0.05) is 33.4 Å². The molecule has 5 nitrogen and oxygen atoms in total. The summed E-state index contributed by atoms with van der Waals surface area (Å²) in [5, 5.41) is 3.29. The Balaban J connectivity index is 1.65. The van der Waals surface area contributed by atoms with E-state index in [-0.39, 0.29) is 11.3 Å². The van der Waals surface area contributed by atoms with E-state index in [2.05, 4.69) is 21.2 Å². The molecule has 0 saturated heterocycles. The van der Waals surface area contributed by atoms with Gasteiger partial charge >= 0.3 is 0 Å². The van der Waals surface area contributed by atoms with E-state index in [1.165, 1.54) is 6.07 Å². The molecule has 0 radical (unpaired) electrons. The van der Waals surface area contributed by atoms with Gasteiger partial charge in [0.05, 0.1) is 12.0 Å². The smallest absolute Gasteiger partial charge is 0.255 e. The van der Waals surface area contributed by atoms with Crippen molar-refractivity contribution in [3.63, 3.8) is 0 Å². The van der Waals surface area contributed by atoms with Crippen LogP contribution in [-0.4, -0.2) is 12.5 Å². The highest BCUT2D eigenvalue weighted by atomic mass is 79.9. The molecule has 4 aromatic rings. The van der Waals surface area contributed by atoms with Crippen molar-refractivity contribution in [2.45, 2.75) is 6.92 Å². The van der Waals surface area contributed by atoms with Crippen LogP contribution in [0.3, 0.4) is 0 Å². The molecular formula is C24H18BrNO4. The molecule has 3 aromatic carbocycles. The second kappa shape index (κ2) is 8.55. The average molecular weight is 464 g/mol. The summed E-state index contributed by atoms with van der Waals surface area (Å²) in [4.78, 5) is 25.0. The minimum atomic E-state index is -0.244. The zero-order valence-electron chi connectivity index (χ0n) is 16.1. The summed E-state index contributed by atoms with van der Waals surface area (Å²) >= 11 is 3.35. The first-order valence-corrected chi connectivity index (χ1v) is 10.2. The molecule has 1 N–H and O–H groups in total. The SMILES string of the molecule is CCOc1ccc(-c2cc(=O)c3ccc(NC(=O)c4ccc(Br)cc4)cc3o2)cc1. The lowest BCUT2D eigenvalue weighted by Crippen LogP contribution is -2.12. The van der Waals surface area contributed by atoms with Crippen molar-refractivity contribution in [1.82, 2.24) is 0 Å². The largest absolute Gasteiger partial charge is 0.494 e. The van der Waals surface area contributed by atoms with E-state index in [1.807, 2.05) is 31.2 Å². The van der Waals surface area contributed by atoms with Crippen molar-refractivity contribution < 1.29 is 13.9 Å². The average Bonchev–Trinajstić information content (AvgIpc) is 2.74. The molecule has 0 aliphatic heterocycles. The molecule has 0 fully saturated rings. The summed E-state index contributed by atoms with van der Waals surface area (Å²) in [7, 11) is 0. The molecule has 4 rings (SSSR count). The van der Waals surface area contributed by atoms with Gasteiger partial charge in [0.1, 0.15) is 17.1 Å². The van der Waals surface area contributed by atoms with E-state index in [0.29, 0.717) is 34.6 Å². The fourth-order valence-corrected chi connectivity index (χ4v) is 3.33. The van der Waals surface area contributed by atoms with Crippen LogP contribution in [0, 0.1) is 0 Å². The summed E-state index contributed by atoms with van der Waals surface area (Å²) in [5.74, 6) is 0.959. The van der Waals surface area contributed by atoms with Crippen LogP contribution in [0.4, 0.5) is 5.69 Å². The summed E-state index contributed by atoms with van der Waals surface area (Å²) < 4.78 is 12.3. The third kappa shape index (κ3) is 4.28. The minimum absolute atomic E-state index is 0.147. The van der Waals surface area contributed by atoms with Gasteiger partial charge < -0.3 is 14.5 Å². The zero-order valence-corrected chi connectivity index (χ0v) is 17.7. The van der Waals surface area contributed by atoms with Crippen LogP contribution < -0.4 is 15.5 Å². The number of hydrogen-bond donors (Lipinski definition) is 1. The number of halogens is 1. The topological polar surface area (TPSA) is 68.5 Å². The standard InChI is InChI=1S/C24H18BrNO4/c1-2-29-19-10-5-15(6-11-19)22-14-21(27)20-12-9-18(13-23(20)30-22)26-24(28)16-3-7-17(25)8-4-16/h3-14H,2H2,1H3,(H,26,28). The molecule has 1 aromatic heterocycles. The number of rotatable bonds is 5. The second-order valence-electron chi connectivity index (χ2n) is 6.60. The Morgan fingerprint density at radius 2 is 1.73 bits per heavy atom. The van der Waals surface area contributed by atoms with Crippen LogP contribution in [0.1, 0.15) is 17.3 Å². The quantitative estimate of drug-likeness (QED) is 0.401. The molecule has 0 unspecified atom stereocenters. The number of carbonyl (C=O) groups excluding carboxylic acids is 1. The van der Waals surface area contributed by atoms with E-state index < -0.39 is 0 Å². The Morgan fingerprint density at radius 3 is 2.43 bits per heavy atom. The Hall–Kier alpha value is -3.38. The van der Waals surface area contributed by atoms with Gasteiger partial charge in [-0.15, -0.1) is 0 Å². The molecule has 6 heteroatoms. The molecule has 1 heterocycles. The molecular weight excluding hydrogens is 446 g/mol. The molecule has 30 heavy (non-hydrogen) atoms. The van der Waals surface area contributed by atoms with E-state index in [9.17, 15) is 9.59 Å². The van der Waals surface area contributed by atoms with E-state index in [1.54, 1.807) is 42.5 Å². The normalized spacial score (nSPS) is 10.7. The van der Waals surface area contributed by atoms with Gasteiger partial charge in [-0.3, -0.25) is 9.59 Å².